The second kappa shape index (κ2) is 6.99. The molecule has 0 bridgehead atoms. The first-order valence-corrected chi connectivity index (χ1v) is 9.01. The molecule has 22 heavy (non-hydrogen) atoms. The highest BCUT2D eigenvalue weighted by Gasteiger charge is 2.21. The third kappa shape index (κ3) is 4.36. The van der Waals surface area contributed by atoms with Gasteiger partial charge in [0.1, 0.15) is 5.01 Å². The van der Waals surface area contributed by atoms with E-state index in [9.17, 15) is 13.2 Å². The van der Waals surface area contributed by atoms with Crippen LogP contribution in [0, 0.1) is 6.92 Å². The second-order valence-electron chi connectivity index (χ2n) is 4.76. The molecular weight excluding hydrogens is 322 g/mol. The van der Waals surface area contributed by atoms with Gasteiger partial charge in [-0.15, -0.1) is 11.3 Å². The van der Waals surface area contributed by atoms with Gasteiger partial charge in [0.2, 0.25) is 15.9 Å². The van der Waals surface area contributed by atoms with E-state index in [0.717, 1.165) is 10.7 Å². The molecular formula is C14H17N3O3S2. The maximum Gasteiger partial charge on any atom is 0.241 e. The van der Waals surface area contributed by atoms with Crippen molar-refractivity contribution >= 4 is 27.3 Å². The smallest absolute Gasteiger partial charge is 0.241 e. The standard InChI is InChI=1S/C14H17N3O3S2/c1-10-9-21-13(16-10)8-15-14(18)11(2)17-22(19,20)12-6-4-3-5-7-12/h3-7,9,11,17H,8H2,1-2H3,(H,15,18). The summed E-state index contributed by atoms with van der Waals surface area (Å²) in [4.78, 5) is 16.3. The first-order chi connectivity index (χ1) is 10.4. The molecule has 1 heterocycles. The van der Waals surface area contributed by atoms with Crippen molar-refractivity contribution in [2.45, 2.75) is 31.3 Å². The maximum atomic E-state index is 12.1. The van der Waals surface area contributed by atoms with E-state index >= 15 is 0 Å². The van der Waals surface area contributed by atoms with Gasteiger partial charge in [0.05, 0.1) is 17.5 Å². The summed E-state index contributed by atoms with van der Waals surface area (Å²) in [5.74, 6) is -0.396. The SMILES string of the molecule is Cc1csc(CNC(=O)C(C)NS(=O)(=O)c2ccccc2)n1. The quantitative estimate of drug-likeness (QED) is 0.833. The third-order valence-electron chi connectivity index (χ3n) is 2.86. The summed E-state index contributed by atoms with van der Waals surface area (Å²) in [5.41, 5.74) is 0.895. The van der Waals surface area contributed by atoms with Gasteiger partial charge in [-0.3, -0.25) is 4.79 Å². The molecule has 0 saturated carbocycles. The summed E-state index contributed by atoms with van der Waals surface area (Å²) < 4.78 is 26.6. The molecule has 0 aliphatic rings. The van der Waals surface area contributed by atoms with Crippen LogP contribution in [0.25, 0.3) is 0 Å². The minimum atomic E-state index is -3.71. The molecule has 2 rings (SSSR count). The summed E-state index contributed by atoms with van der Waals surface area (Å²) in [6, 6.07) is 7.07. The first-order valence-electron chi connectivity index (χ1n) is 6.64. The molecule has 1 aromatic carbocycles. The number of hydrogen-bond donors (Lipinski definition) is 2. The lowest BCUT2D eigenvalue weighted by atomic mass is 10.3. The number of aromatic nitrogens is 1. The molecule has 8 heteroatoms. The lowest BCUT2D eigenvalue weighted by Crippen LogP contribution is -2.44. The molecule has 0 saturated heterocycles. The highest BCUT2D eigenvalue weighted by Crippen LogP contribution is 2.09. The predicted molar refractivity (Wildman–Crippen MR) is 84.9 cm³/mol. The molecule has 0 aliphatic carbocycles. The van der Waals surface area contributed by atoms with Crippen molar-refractivity contribution in [3.05, 3.63) is 46.4 Å². The summed E-state index contributed by atoms with van der Waals surface area (Å²) in [6.45, 7) is 3.66. The van der Waals surface area contributed by atoms with Gasteiger partial charge in [0, 0.05) is 11.1 Å². The van der Waals surface area contributed by atoms with Crippen molar-refractivity contribution < 1.29 is 13.2 Å². The number of hydrogen-bond acceptors (Lipinski definition) is 5. The summed E-state index contributed by atoms with van der Waals surface area (Å²) in [5, 5.41) is 5.34. The Morgan fingerprint density at radius 2 is 2.00 bits per heavy atom. The largest absolute Gasteiger partial charge is 0.348 e. The van der Waals surface area contributed by atoms with E-state index in [1.807, 2.05) is 12.3 Å². The zero-order valence-corrected chi connectivity index (χ0v) is 13.9. The van der Waals surface area contributed by atoms with Crippen LogP contribution in [0.15, 0.2) is 40.6 Å². The summed E-state index contributed by atoms with van der Waals surface area (Å²) in [7, 11) is -3.71. The lowest BCUT2D eigenvalue weighted by molar-refractivity contribution is -0.122. The summed E-state index contributed by atoms with van der Waals surface area (Å²) in [6.07, 6.45) is 0. The fraction of sp³-hybridized carbons (Fsp3) is 0.286. The van der Waals surface area contributed by atoms with Crippen LogP contribution in [0.1, 0.15) is 17.6 Å². The minimum absolute atomic E-state index is 0.130. The van der Waals surface area contributed by atoms with Crippen LogP contribution in [-0.2, 0) is 21.4 Å². The monoisotopic (exact) mass is 339 g/mol. The molecule has 0 fully saturated rings. The van der Waals surface area contributed by atoms with Gasteiger partial charge in [0.15, 0.2) is 0 Å². The van der Waals surface area contributed by atoms with E-state index in [2.05, 4.69) is 15.0 Å². The van der Waals surface area contributed by atoms with E-state index in [4.69, 9.17) is 0 Å². The van der Waals surface area contributed by atoms with Crippen molar-refractivity contribution in [1.82, 2.24) is 15.0 Å². The van der Waals surface area contributed by atoms with Crippen LogP contribution in [0.5, 0.6) is 0 Å². The van der Waals surface area contributed by atoms with Crippen LogP contribution < -0.4 is 10.0 Å². The van der Waals surface area contributed by atoms with Gasteiger partial charge in [0.25, 0.3) is 0 Å². The number of nitrogens with one attached hydrogen (secondary N) is 2. The fourth-order valence-electron chi connectivity index (χ4n) is 1.75. The van der Waals surface area contributed by atoms with Gasteiger partial charge < -0.3 is 5.32 Å². The Hall–Kier alpha value is -1.77. The van der Waals surface area contributed by atoms with Gasteiger partial charge >= 0.3 is 0 Å². The van der Waals surface area contributed by atoms with E-state index in [1.165, 1.54) is 30.4 Å². The van der Waals surface area contributed by atoms with Crippen molar-refractivity contribution in [1.29, 1.82) is 0 Å². The Bertz CT molecular complexity index is 742. The van der Waals surface area contributed by atoms with Gasteiger partial charge in [-0.2, -0.15) is 4.72 Å². The number of carbonyl (C=O) groups is 1. The number of rotatable bonds is 6. The minimum Gasteiger partial charge on any atom is -0.348 e. The Labute approximate surface area is 133 Å². The molecule has 1 atom stereocenters. The van der Waals surface area contributed by atoms with E-state index in [-0.39, 0.29) is 11.4 Å². The average Bonchev–Trinajstić information content (AvgIpc) is 2.91. The van der Waals surface area contributed by atoms with Gasteiger partial charge in [-0.25, -0.2) is 13.4 Å². The number of thiazole rings is 1. The zero-order chi connectivity index (χ0) is 16.2. The molecule has 1 amide bonds. The topological polar surface area (TPSA) is 88.2 Å². The number of amides is 1. The fourth-order valence-corrected chi connectivity index (χ4v) is 3.69. The number of sulfonamides is 1. The molecule has 0 aliphatic heterocycles. The van der Waals surface area contributed by atoms with E-state index < -0.39 is 22.0 Å². The van der Waals surface area contributed by atoms with E-state index in [0.29, 0.717) is 0 Å². The molecule has 1 unspecified atom stereocenters. The van der Waals surface area contributed by atoms with Crippen molar-refractivity contribution in [3.8, 4) is 0 Å². The summed E-state index contributed by atoms with van der Waals surface area (Å²) >= 11 is 1.45. The number of aryl methyl sites for hydroxylation is 1. The molecule has 2 aromatic rings. The van der Waals surface area contributed by atoms with E-state index in [1.54, 1.807) is 18.2 Å². The van der Waals surface area contributed by atoms with Crippen molar-refractivity contribution in [2.24, 2.45) is 0 Å². The third-order valence-corrected chi connectivity index (χ3v) is 5.38. The number of carbonyl (C=O) groups excluding carboxylic acids is 1. The maximum absolute atomic E-state index is 12.1. The number of benzene rings is 1. The van der Waals surface area contributed by atoms with Gasteiger partial charge in [-0.1, -0.05) is 18.2 Å². The van der Waals surface area contributed by atoms with Crippen LogP contribution in [-0.4, -0.2) is 25.4 Å². The molecule has 118 valence electrons. The van der Waals surface area contributed by atoms with Crippen LogP contribution in [0.3, 0.4) is 0 Å². The molecule has 1 aromatic heterocycles. The highest BCUT2D eigenvalue weighted by atomic mass is 32.2. The lowest BCUT2D eigenvalue weighted by Gasteiger charge is -2.14. The Morgan fingerprint density at radius 3 is 2.59 bits per heavy atom. The van der Waals surface area contributed by atoms with Crippen LogP contribution in [0.2, 0.25) is 0 Å². The molecule has 0 radical (unpaired) electrons. The zero-order valence-electron chi connectivity index (χ0n) is 12.2. The van der Waals surface area contributed by atoms with Crippen molar-refractivity contribution in [2.75, 3.05) is 0 Å². The van der Waals surface area contributed by atoms with Crippen molar-refractivity contribution in [3.63, 3.8) is 0 Å². The van der Waals surface area contributed by atoms with Crippen LogP contribution >= 0.6 is 11.3 Å². The Kier molecular flexibility index (Phi) is 5.28. The Balaban J connectivity index is 1.93. The molecule has 0 spiro atoms. The number of nitrogens with zero attached hydrogens (tertiary/aromatic N) is 1. The van der Waals surface area contributed by atoms with Gasteiger partial charge in [-0.05, 0) is 26.0 Å². The first kappa shape index (κ1) is 16.6. The normalized spacial score (nSPS) is 12.8. The molecule has 2 N–H and O–H groups in total. The Morgan fingerprint density at radius 1 is 1.32 bits per heavy atom. The predicted octanol–water partition coefficient (Wildman–Crippen LogP) is 1.43. The average molecular weight is 339 g/mol. The molecule has 6 nitrogen and oxygen atoms in total. The van der Waals surface area contributed by atoms with Crippen LogP contribution in [0.4, 0.5) is 0 Å². The highest BCUT2D eigenvalue weighted by molar-refractivity contribution is 7.89. The second-order valence-corrected chi connectivity index (χ2v) is 7.41.